The summed E-state index contributed by atoms with van der Waals surface area (Å²) in [4.78, 5) is 2.26. The van der Waals surface area contributed by atoms with Crippen LogP contribution >= 0.6 is 0 Å². The average Bonchev–Trinajstić information content (AvgIpc) is 2.39. The molecule has 0 aliphatic carbocycles. The number of hydrogen-bond donors (Lipinski definition) is 1. The van der Waals surface area contributed by atoms with Gasteiger partial charge in [0, 0.05) is 31.9 Å². The predicted molar refractivity (Wildman–Crippen MR) is 67.2 cm³/mol. The Balaban J connectivity index is 1.76. The third-order valence-electron chi connectivity index (χ3n) is 3.07. The zero-order chi connectivity index (χ0) is 13.7. The highest BCUT2D eigenvalue weighted by molar-refractivity contribution is 5.45. The van der Waals surface area contributed by atoms with Crippen LogP contribution in [0.3, 0.4) is 0 Å². The van der Waals surface area contributed by atoms with Crippen molar-refractivity contribution in [1.29, 1.82) is 0 Å². The largest absolute Gasteiger partial charge is 0.416 e. The maximum absolute atomic E-state index is 12.4. The van der Waals surface area contributed by atoms with E-state index in [0.717, 1.165) is 45.0 Å². The van der Waals surface area contributed by atoms with Gasteiger partial charge in [-0.25, -0.2) is 0 Å². The Bertz CT molecular complexity index is 386. The van der Waals surface area contributed by atoms with Crippen molar-refractivity contribution in [2.75, 3.05) is 44.7 Å². The van der Waals surface area contributed by atoms with Gasteiger partial charge in [-0.05, 0) is 24.3 Å². The fraction of sp³-hybridized carbons (Fsp3) is 0.538. The number of hydrogen-bond acceptors (Lipinski definition) is 3. The molecule has 2 rings (SSSR count). The molecule has 19 heavy (non-hydrogen) atoms. The first-order valence-electron chi connectivity index (χ1n) is 6.27. The predicted octanol–water partition coefficient (Wildman–Crippen LogP) is 2.45. The molecule has 1 aliphatic heterocycles. The highest BCUT2D eigenvalue weighted by Crippen LogP contribution is 2.29. The van der Waals surface area contributed by atoms with Gasteiger partial charge >= 0.3 is 6.18 Å². The van der Waals surface area contributed by atoms with Crippen LogP contribution in [0, 0.1) is 0 Å². The van der Waals surface area contributed by atoms with E-state index >= 15 is 0 Å². The van der Waals surface area contributed by atoms with E-state index in [1.54, 1.807) is 0 Å². The van der Waals surface area contributed by atoms with Crippen LogP contribution in [-0.4, -0.2) is 44.3 Å². The Morgan fingerprint density at radius 2 is 1.74 bits per heavy atom. The maximum atomic E-state index is 12.4. The molecule has 0 atom stereocenters. The van der Waals surface area contributed by atoms with E-state index in [0.29, 0.717) is 12.2 Å². The van der Waals surface area contributed by atoms with Crippen LogP contribution in [0.5, 0.6) is 0 Å². The van der Waals surface area contributed by atoms with E-state index in [2.05, 4.69) is 10.2 Å². The standard InChI is InChI=1S/C13H17F3N2O/c14-13(15,16)11-1-3-12(4-2-11)17-5-6-18-7-9-19-10-8-18/h1-4,17H,5-10H2. The van der Waals surface area contributed by atoms with Crippen molar-refractivity contribution in [3.05, 3.63) is 29.8 Å². The molecule has 1 aromatic rings. The van der Waals surface area contributed by atoms with Gasteiger partial charge in [0.05, 0.1) is 18.8 Å². The highest BCUT2D eigenvalue weighted by atomic mass is 19.4. The normalized spacial score (nSPS) is 17.4. The molecule has 1 fully saturated rings. The van der Waals surface area contributed by atoms with Crippen LogP contribution in [0.25, 0.3) is 0 Å². The molecular formula is C13H17F3N2O. The lowest BCUT2D eigenvalue weighted by Gasteiger charge is -2.26. The summed E-state index contributed by atoms with van der Waals surface area (Å²) in [7, 11) is 0. The number of rotatable bonds is 4. The average molecular weight is 274 g/mol. The molecule has 0 unspecified atom stereocenters. The quantitative estimate of drug-likeness (QED) is 0.912. The minimum absolute atomic E-state index is 0.619. The lowest BCUT2D eigenvalue weighted by molar-refractivity contribution is -0.137. The molecule has 0 radical (unpaired) electrons. The summed E-state index contributed by atoms with van der Waals surface area (Å²) in [6.45, 7) is 4.90. The van der Waals surface area contributed by atoms with Gasteiger partial charge in [0.15, 0.2) is 0 Å². The lowest BCUT2D eigenvalue weighted by Crippen LogP contribution is -2.38. The Kier molecular flexibility index (Phi) is 4.66. The SMILES string of the molecule is FC(F)(F)c1ccc(NCCN2CCOCC2)cc1. The van der Waals surface area contributed by atoms with E-state index in [-0.39, 0.29) is 0 Å². The van der Waals surface area contributed by atoms with Crippen LogP contribution in [0.2, 0.25) is 0 Å². The van der Waals surface area contributed by atoms with Crippen LogP contribution < -0.4 is 5.32 Å². The van der Waals surface area contributed by atoms with Gasteiger partial charge < -0.3 is 10.1 Å². The number of morpholine rings is 1. The van der Waals surface area contributed by atoms with Crippen LogP contribution in [0.4, 0.5) is 18.9 Å². The summed E-state index contributed by atoms with van der Waals surface area (Å²) < 4.78 is 42.4. The van der Waals surface area contributed by atoms with Gasteiger partial charge in [0.2, 0.25) is 0 Å². The monoisotopic (exact) mass is 274 g/mol. The molecule has 0 bridgehead atoms. The molecule has 6 heteroatoms. The molecule has 1 N–H and O–H groups in total. The summed E-state index contributed by atoms with van der Waals surface area (Å²) >= 11 is 0. The summed E-state index contributed by atoms with van der Waals surface area (Å²) in [5.41, 5.74) is 0.0903. The Morgan fingerprint density at radius 1 is 1.11 bits per heavy atom. The summed E-state index contributed by atoms with van der Waals surface area (Å²) in [6.07, 6.45) is -4.27. The first-order valence-corrected chi connectivity index (χ1v) is 6.27. The van der Waals surface area contributed by atoms with E-state index in [1.165, 1.54) is 12.1 Å². The summed E-state index contributed by atoms with van der Waals surface area (Å²) in [5, 5.41) is 3.12. The Hall–Kier alpha value is -1.27. The Morgan fingerprint density at radius 3 is 2.32 bits per heavy atom. The zero-order valence-electron chi connectivity index (χ0n) is 10.5. The number of nitrogens with one attached hydrogen (secondary N) is 1. The second kappa shape index (κ2) is 6.25. The van der Waals surface area contributed by atoms with Gasteiger partial charge in [0.1, 0.15) is 0 Å². The van der Waals surface area contributed by atoms with Gasteiger partial charge in [0.25, 0.3) is 0 Å². The van der Waals surface area contributed by atoms with Crippen molar-refractivity contribution in [3.63, 3.8) is 0 Å². The first kappa shape index (κ1) is 14.1. The van der Waals surface area contributed by atoms with Crippen molar-refractivity contribution in [1.82, 2.24) is 4.90 Å². The molecule has 0 aromatic heterocycles. The molecule has 0 amide bonds. The van der Waals surface area contributed by atoms with Crippen molar-refractivity contribution in [3.8, 4) is 0 Å². The molecule has 1 saturated heterocycles. The topological polar surface area (TPSA) is 24.5 Å². The van der Waals surface area contributed by atoms with Crippen molar-refractivity contribution in [2.45, 2.75) is 6.18 Å². The Labute approximate surface area is 110 Å². The van der Waals surface area contributed by atoms with E-state index < -0.39 is 11.7 Å². The molecule has 1 heterocycles. The van der Waals surface area contributed by atoms with E-state index in [4.69, 9.17) is 4.74 Å². The number of alkyl halides is 3. The molecule has 3 nitrogen and oxygen atoms in total. The smallest absolute Gasteiger partial charge is 0.384 e. The van der Waals surface area contributed by atoms with Crippen LogP contribution in [-0.2, 0) is 10.9 Å². The van der Waals surface area contributed by atoms with Gasteiger partial charge in [-0.15, -0.1) is 0 Å². The van der Waals surface area contributed by atoms with Crippen molar-refractivity contribution in [2.24, 2.45) is 0 Å². The fourth-order valence-electron chi connectivity index (χ4n) is 1.96. The second-order valence-electron chi connectivity index (χ2n) is 4.46. The molecule has 1 aliphatic rings. The van der Waals surface area contributed by atoms with Gasteiger partial charge in [-0.1, -0.05) is 0 Å². The van der Waals surface area contributed by atoms with Gasteiger partial charge in [-0.2, -0.15) is 13.2 Å². The molecular weight excluding hydrogens is 257 g/mol. The molecule has 0 saturated carbocycles. The zero-order valence-corrected chi connectivity index (χ0v) is 10.5. The molecule has 0 spiro atoms. The number of halogens is 3. The summed E-state index contributed by atoms with van der Waals surface area (Å²) in [5.74, 6) is 0. The number of benzene rings is 1. The first-order chi connectivity index (χ1) is 9.05. The highest BCUT2D eigenvalue weighted by Gasteiger charge is 2.29. The van der Waals surface area contributed by atoms with Crippen molar-refractivity contribution < 1.29 is 17.9 Å². The number of anilines is 1. The lowest BCUT2D eigenvalue weighted by atomic mass is 10.2. The minimum atomic E-state index is -4.27. The molecule has 106 valence electrons. The maximum Gasteiger partial charge on any atom is 0.416 e. The minimum Gasteiger partial charge on any atom is -0.384 e. The van der Waals surface area contributed by atoms with Crippen LogP contribution in [0.1, 0.15) is 5.56 Å². The fourth-order valence-corrected chi connectivity index (χ4v) is 1.96. The second-order valence-corrected chi connectivity index (χ2v) is 4.46. The van der Waals surface area contributed by atoms with Crippen molar-refractivity contribution >= 4 is 5.69 Å². The molecule has 1 aromatic carbocycles. The van der Waals surface area contributed by atoms with E-state index in [9.17, 15) is 13.2 Å². The number of ether oxygens (including phenoxy) is 1. The van der Waals surface area contributed by atoms with Gasteiger partial charge in [-0.3, -0.25) is 4.90 Å². The van der Waals surface area contributed by atoms with E-state index in [1.807, 2.05) is 0 Å². The van der Waals surface area contributed by atoms with Crippen LogP contribution in [0.15, 0.2) is 24.3 Å². The summed E-state index contributed by atoms with van der Waals surface area (Å²) in [6, 6.07) is 5.11. The number of nitrogens with zero attached hydrogens (tertiary/aromatic N) is 1. The third kappa shape index (κ3) is 4.40. The third-order valence-corrected chi connectivity index (χ3v) is 3.07.